The van der Waals surface area contributed by atoms with Gasteiger partial charge in [-0.05, 0) is 23.8 Å². The van der Waals surface area contributed by atoms with E-state index in [2.05, 4.69) is 28.3 Å². The maximum Gasteiger partial charge on any atom is 0.118 e. The van der Waals surface area contributed by atoms with E-state index in [1.807, 2.05) is 30.3 Å². The summed E-state index contributed by atoms with van der Waals surface area (Å²) in [5.41, 5.74) is 4.12. The maximum absolute atomic E-state index is 9.13. The lowest BCUT2D eigenvalue weighted by atomic mass is 9.99. The molecule has 1 aliphatic heterocycles. The van der Waals surface area contributed by atoms with E-state index >= 15 is 0 Å². The summed E-state index contributed by atoms with van der Waals surface area (Å²) in [6, 6.07) is 16.2. The third-order valence-corrected chi connectivity index (χ3v) is 3.83. The number of nitrogens with zero attached hydrogens (tertiary/aromatic N) is 2. The normalized spacial score (nSPS) is 15.9. The Bertz CT molecular complexity index is 650. The van der Waals surface area contributed by atoms with Gasteiger partial charge >= 0.3 is 0 Å². The van der Waals surface area contributed by atoms with Crippen molar-refractivity contribution in [2.75, 3.05) is 18.6 Å². The maximum atomic E-state index is 9.13. The highest BCUT2D eigenvalue weighted by Crippen LogP contribution is 2.28. The van der Waals surface area contributed by atoms with Crippen molar-refractivity contribution in [2.24, 2.45) is 5.16 Å². The number of oxime groups is 1. The summed E-state index contributed by atoms with van der Waals surface area (Å²) in [6.45, 7) is 1.68. The fourth-order valence-electron chi connectivity index (χ4n) is 2.71. The molecule has 2 aromatic rings. The first kappa shape index (κ1) is 13.5. The minimum Gasteiger partial charge on any atom is -0.497 e. The Balaban J connectivity index is 1.86. The van der Waals surface area contributed by atoms with Crippen molar-refractivity contribution < 1.29 is 9.94 Å². The van der Waals surface area contributed by atoms with Gasteiger partial charge in [0, 0.05) is 30.8 Å². The number of benzene rings is 2. The molecule has 3 rings (SSSR count). The molecule has 21 heavy (non-hydrogen) atoms. The number of hydrogen-bond donors (Lipinski definition) is 1. The van der Waals surface area contributed by atoms with Gasteiger partial charge in [-0.15, -0.1) is 0 Å². The van der Waals surface area contributed by atoms with Gasteiger partial charge in [-0.2, -0.15) is 0 Å². The van der Waals surface area contributed by atoms with Crippen LogP contribution in [-0.4, -0.2) is 24.6 Å². The Morgan fingerprint density at radius 3 is 2.62 bits per heavy atom. The summed E-state index contributed by atoms with van der Waals surface area (Å²) in [4.78, 5) is 2.31. The minimum absolute atomic E-state index is 0.754. The number of methoxy groups -OCH3 is 1. The number of fused-ring (bicyclic) bond motifs is 1. The number of rotatable bonds is 3. The molecule has 0 unspecified atom stereocenters. The van der Waals surface area contributed by atoms with E-state index in [0.717, 1.165) is 42.2 Å². The van der Waals surface area contributed by atoms with Gasteiger partial charge in [0.15, 0.2) is 0 Å². The first-order chi connectivity index (χ1) is 10.3. The standard InChI is InChI=1S/C17H18N2O2/c1-21-14-8-6-13(7-9-14)12-19-11-10-16(18-20)15-4-2-3-5-17(15)19/h2-9,20H,10-12H2,1H3. The van der Waals surface area contributed by atoms with Crippen molar-refractivity contribution in [3.8, 4) is 5.75 Å². The topological polar surface area (TPSA) is 45.1 Å². The van der Waals surface area contributed by atoms with E-state index in [1.165, 1.54) is 5.56 Å². The Labute approximate surface area is 124 Å². The molecule has 1 aliphatic rings. The molecule has 0 saturated carbocycles. The summed E-state index contributed by atoms with van der Waals surface area (Å²) in [7, 11) is 1.67. The average Bonchev–Trinajstić information content (AvgIpc) is 2.56. The fourth-order valence-corrected chi connectivity index (χ4v) is 2.71. The predicted molar refractivity (Wildman–Crippen MR) is 83.4 cm³/mol. The van der Waals surface area contributed by atoms with Gasteiger partial charge in [0.25, 0.3) is 0 Å². The van der Waals surface area contributed by atoms with Crippen LogP contribution >= 0.6 is 0 Å². The molecule has 0 atom stereocenters. The molecule has 1 heterocycles. The van der Waals surface area contributed by atoms with Crippen LogP contribution < -0.4 is 9.64 Å². The molecule has 108 valence electrons. The highest BCUT2D eigenvalue weighted by Gasteiger charge is 2.21. The molecule has 0 spiro atoms. The molecule has 0 radical (unpaired) electrons. The van der Waals surface area contributed by atoms with Gasteiger partial charge in [-0.25, -0.2) is 0 Å². The second-order valence-corrected chi connectivity index (χ2v) is 5.08. The van der Waals surface area contributed by atoms with Crippen LogP contribution in [0.5, 0.6) is 5.75 Å². The van der Waals surface area contributed by atoms with Crippen molar-refractivity contribution >= 4 is 11.4 Å². The molecular weight excluding hydrogens is 264 g/mol. The number of hydrogen-bond acceptors (Lipinski definition) is 4. The Kier molecular flexibility index (Phi) is 3.77. The predicted octanol–water partition coefficient (Wildman–Crippen LogP) is 3.28. The molecule has 0 aromatic heterocycles. The lowest BCUT2D eigenvalue weighted by Gasteiger charge is -2.31. The summed E-state index contributed by atoms with van der Waals surface area (Å²) < 4.78 is 5.19. The van der Waals surface area contributed by atoms with Crippen LogP contribution in [0.3, 0.4) is 0 Å². The second-order valence-electron chi connectivity index (χ2n) is 5.08. The highest BCUT2D eigenvalue weighted by atomic mass is 16.5. The molecule has 0 bridgehead atoms. The van der Waals surface area contributed by atoms with Gasteiger partial charge < -0.3 is 14.8 Å². The van der Waals surface area contributed by atoms with Crippen molar-refractivity contribution in [1.29, 1.82) is 0 Å². The van der Waals surface area contributed by atoms with Crippen LogP contribution in [0.25, 0.3) is 0 Å². The zero-order chi connectivity index (χ0) is 14.7. The van der Waals surface area contributed by atoms with Crippen LogP contribution in [0, 0.1) is 0 Å². The monoisotopic (exact) mass is 282 g/mol. The van der Waals surface area contributed by atoms with Gasteiger partial charge in [-0.3, -0.25) is 0 Å². The van der Waals surface area contributed by atoms with Crippen LogP contribution in [0.1, 0.15) is 17.5 Å². The Morgan fingerprint density at radius 2 is 1.90 bits per heavy atom. The largest absolute Gasteiger partial charge is 0.497 e. The van der Waals surface area contributed by atoms with Gasteiger partial charge in [0.2, 0.25) is 0 Å². The number of ether oxygens (including phenoxy) is 1. The first-order valence-corrected chi connectivity index (χ1v) is 7.00. The van der Waals surface area contributed by atoms with E-state index in [-0.39, 0.29) is 0 Å². The molecule has 4 nitrogen and oxygen atoms in total. The summed E-state index contributed by atoms with van der Waals surface area (Å²) >= 11 is 0. The summed E-state index contributed by atoms with van der Waals surface area (Å²) in [5.74, 6) is 0.868. The quantitative estimate of drug-likeness (QED) is 0.694. The molecule has 2 aromatic carbocycles. The van der Waals surface area contributed by atoms with Gasteiger partial charge in [-0.1, -0.05) is 35.5 Å². The van der Waals surface area contributed by atoms with E-state index in [0.29, 0.717) is 0 Å². The second kappa shape index (κ2) is 5.87. The molecular formula is C17H18N2O2. The average molecular weight is 282 g/mol. The third kappa shape index (κ3) is 2.70. The minimum atomic E-state index is 0.754. The molecule has 4 heteroatoms. The summed E-state index contributed by atoms with van der Waals surface area (Å²) in [6.07, 6.45) is 0.754. The smallest absolute Gasteiger partial charge is 0.118 e. The zero-order valence-electron chi connectivity index (χ0n) is 12.0. The van der Waals surface area contributed by atoms with E-state index in [4.69, 9.17) is 9.94 Å². The van der Waals surface area contributed by atoms with Gasteiger partial charge in [0.05, 0.1) is 12.8 Å². The lowest BCUT2D eigenvalue weighted by molar-refractivity contribution is 0.317. The van der Waals surface area contributed by atoms with Crippen molar-refractivity contribution in [2.45, 2.75) is 13.0 Å². The van der Waals surface area contributed by atoms with E-state index in [1.54, 1.807) is 7.11 Å². The number of anilines is 1. The van der Waals surface area contributed by atoms with E-state index < -0.39 is 0 Å². The summed E-state index contributed by atoms with van der Waals surface area (Å²) in [5, 5.41) is 12.6. The van der Waals surface area contributed by atoms with Crippen LogP contribution in [0.4, 0.5) is 5.69 Å². The highest BCUT2D eigenvalue weighted by molar-refractivity contribution is 6.06. The van der Waals surface area contributed by atoms with Crippen LogP contribution in [0.2, 0.25) is 0 Å². The van der Waals surface area contributed by atoms with Crippen molar-refractivity contribution in [3.63, 3.8) is 0 Å². The fraction of sp³-hybridized carbons (Fsp3) is 0.235. The zero-order valence-corrected chi connectivity index (χ0v) is 12.0. The molecule has 0 saturated heterocycles. The van der Waals surface area contributed by atoms with Gasteiger partial charge in [0.1, 0.15) is 5.75 Å². The number of para-hydroxylation sites is 1. The molecule has 0 aliphatic carbocycles. The SMILES string of the molecule is COc1ccc(CN2CCC(=NO)c3ccccc32)cc1. The van der Waals surface area contributed by atoms with E-state index in [9.17, 15) is 0 Å². The Morgan fingerprint density at radius 1 is 1.14 bits per heavy atom. The van der Waals surface area contributed by atoms with Crippen LogP contribution in [0.15, 0.2) is 53.7 Å². The third-order valence-electron chi connectivity index (χ3n) is 3.83. The van der Waals surface area contributed by atoms with Crippen molar-refractivity contribution in [1.82, 2.24) is 0 Å². The molecule has 0 fully saturated rings. The Hall–Kier alpha value is -2.49. The van der Waals surface area contributed by atoms with Crippen molar-refractivity contribution in [3.05, 3.63) is 59.7 Å². The molecule has 0 amide bonds. The lowest BCUT2D eigenvalue weighted by Crippen LogP contribution is -2.31. The molecule has 1 N–H and O–H groups in total. The first-order valence-electron chi connectivity index (χ1n) is 7.00. The van der Waals surface area contributed by atoms with Crippen LogP contribution in [-0.2, 0) is 6.54 Å².